The van der Waals surface area contributed by atoms with E-state index in [9.17, 15) is 0 Å². The summed E-state index contributed by atoms with van der Waals surface area (Å²) < 4.78 is 1.79. The average Bonchev–Trinajstić information content (AvgIpc) is 2.90. The maximum atomic E-state index is 4.62. The molecule has 0 saturated carbocycles. The summed E-state index contributed by atoms with van der Waals surface area (Å²) >= 11 is 1.68. The smallest absolute Gasteiger partial charge is 0.234 e. The molecule has 3 heterocycles. The van der Waals surface area contributed by atoms with Gasteiger partial charge in [-0.3, -0.25) is 0 Å². The van der Waals surface area contributed by atoms with E-state index in [1.54, 1.807) is 22.2 Å². The van der Waals surface area contributed by atoms with Gasteiger partial charge in [0.2, 0.25) is 4.96 Å². The van der Waals surface area contributed by atoms with Gasteiger partial charge in [0.1, 0.15) is 11.3 Å². The third-order valence-electron chi connectivity index (χ3n) is 3.58. The molecule has 0 unspecified atom stereocenters. The zero-order chi connectivity index (χ0) is 11.0. The molecule has 0 aliphatic carbocycles. The van der Waals surface area contributed by atoms with Crippen LogP contribution in [0.1, 0.15) is 31.2 Å². The van der Waals surface area contributed by atoms with Crippen LogP contribution in [0.25, 0.3) is 4.96 Å². The first-order valence-electron chi connectivity index (χ1n) is 5.72. The second kappa shape index (κ2) is 3.78. The van der Waals surface area contributed by atoms with E-state index in [0.717, 1.165) is 24.5 Å². The van der Waals surface area contributed by atoms with E-state index in [0.29, 0.717) is 0 Å². The van der Waals surface area contributed by atoms with E-state index in [1.807, 2.05) is 0 Å². The number of nitrogens with zero attached hydrogens (tertiary/aromatic N) is 4. The molecule has 2 aromatic heterocycles. The largest absolute Gasteiger partial charge is 0.317 e. The van der Waals surface area contributed by atoms with Gasteiger partial charge in [0.25, 0.3) is 0 Å². The van der Waals surface area contributed by atoms with E-state index in [4.69, 9.17) is 0 Å². The third-order valence-corrected chi connectivity index (χ3v) is 4.74. The molecule has 1 saturated heterocycles. The second-order valence-corrected chi connectivity index (χ2v) is 5.31. The Hall–Kier alpha value is -1.01. The summed E-state index contributed by atoms with van der Waals surface area (Å²) in [6.45, 7) is 4.44. The summed E-state index contributed by atoms with van der Waals surface area (Å²) in [7, 11) is 0. The molecular formula is C10H15N5S. The molecule has 2 aromatic rings. The van der Waals surface area contributed by atoms with E-state index >= 15 is 0 Å². The third kappa shape index (κ3) is 1.44. The summed E-state index contributed by atoms with van der Waals surface area (Å²) in [5, 5.41) is 17.2. The molecule has 86 valence electrons. The number of piperidine rings is 1. The van der Waals surface area contributed by atoms with Gasteiger partial charge in [-0.1, -0.05) is 18.3 Å². The molecule has 0 spiro atoms. The SMILES string of the molecule is CCC1(c2nn3cnnc3s2)CCNCC1. The topological polar surface area (TPSA) is 55.1 Å². The highest BCUT2D eigenvalue weighted by atomic mass is 32.1. The molecule has 1 aliphatic heterocycles. The van der Waals surface area contributed by atoms with Gasteiger partial charge >= 0.3 is 0 Å². The first kappa shape index (κ1) is 10.2. The van der Waals surface area contributed by atoms with Crippen molar-refractivity contribution in [3.8, 4) is 0 Å². The number of rotatable bonds is 2. The van der Waals surface area contributed by atoms with Gasteiger partial charge in [-0.2, -0.15) is 9.61 Å². The van der Waals surface area contributed by atoms with Crippen LogP contribution in [0, 0.1) is 0 Å². The molecule has 3 rings (SSSR count). The van der Waals surface area contributed by atoms with Crippen LogP contribution in [0.4, 0.5) is 0 Å². The predicted molar refractivity (Wildman–Crippen MR) is 62.7 cm³/mol. The first-order chi connectivity index (χ1) is 7.84. The quantitative estimate of drug-likeness (QED) is 0.853. The van der Waals surface area contributed by atoms with E-state index < -0.39 is 0 Å². The monoisotopic (exact) mass is 237 g/mol. The molecule has 0 atom stereocenters. The van der Waals surface area contributed by atoms with Gasteiger partial charge in [0.15, 0.2) is 0 Å². The molecule has 6 heteroatoms. The Bertz CT molecular complexity index is 454. The number of aromatic nitrogens is 4. The summed E-state index contributed by atoms with van der Waals surface area (Å²) in [4.78, 5) is 0.904. The number of fused-ring (bicyclic) bond motifs is 1. The lowest BCUT2D eigenvalue weighted by Crippen LogP contribution is -2.39. The van der Waals surface area contributed by atoms with Crippen LogP contribution in [0.3, 0.4) is 0 Å². The van der Waals surface area contributed by atoms with Gasteiger partial charge in [-0.15, -0.1) is 10.2 Å². The fourth-order valence-electron chi connectivity index (χ4n) is 2.40. The standard InChI is InChI=1S/C10H15N5S/c1-2-10(3-5-11-6-4-10)8-14-15-7-12-13-9(15)16-8/h7,11H,2-6H2,1H3. The van der Waals surface area contributed by atoms with Crippen molar-refractivity contribution in [2.75, 3.05) is 13.1 Å². The summed E-state index contributed by atoms with van der Waals surface area (Å²) in [5.41, 5.74) is 0.261. The molecule has 0 aromatic carbocycles. The summed E-state index contributed by atoms with van der Waals surface area (Å²) in [6, 6.07) is 0. The Morgan fingerprint density at radius 1 is 1.50 bits per heavy atom. The van der Waals surface area contributed by atoms with E-state index in [2.05, 4.69) is 27.5 Å². The Kier molecular flexibility index (Phi) is 2.40. The Morgan fingerprint density at radius 2 is 2.31 bits per heavy atom. The van der Waals surface area contributed by atoms with Crippen molar-refractivity contribution in [1.29, 1.82) is 0 Å². The highest BCUT2D eigenvalue weighted by Crippen LogP contribution is 2.38. The van der Waals surface area contributed by atoms with Crippen LogP contribution >= 0.6 is 11.3 Å². The second-order valence-electron chi connectivity index (χ2n) is 4.35. The molecule has 1 aliphatic rings. The minimum atomic E-state index is 0.261. The van der Waals surface area contributed by atoms with Crippen molar-refractivity contribution < 1.29 is 0 Å². The maximum absolute atomic E-state index is 4.62. The van der Waals surface area contributed by atoms with Crippen LogP contribution in [-0.2, 0) is 5.41 Å². The highest BCUT2D eigenvalue weighted by Gasteiger charge is 2.35. The van der Waals surface area contributed by atoms with Gasteiger partial charge in [0.05, 0.1) is 0 Å². The fourth-order valence-corrected chi connectivity index (χ4v) is 3.53. The van der Waals surface area contributed by atoms with Gasteiger partial charge in [0, 0.05) is 5.41 Å². The molecule has 1 fully saturated rings. The predicted octanol–water partition coefficient (Wildman–Crippen LogP) is 1.22. The zero-order valence-electron chi connectivity index (χ0n) is 9.31. The summed E-state index contributed by atoms with van der Waals surface area (Å²) in [6.07, 6.45) is 5.18. The van der Waals surface area contributed by atoms with Crippen LogP contribution in [-0.4, -0.2) is 32.9 Å². The van der Waals surface area contributed by atoms with Crippen molar-refractivity contribution in [3.63, 3.8) is 0 Å². The molecule has 1 N–H and O–H groups in total. The molecular weight excluding hydrogens is 222 g/mol. The molecule has 0 radical (unpaired) electrons. The molecule has 0 amide bonds. The van der Waals surface area contributed by atoms with Crippen molar-refractivity contribution in [1.82, 2.24) is 25.1 Å². The van der Waals surface area contributed by atoms with Gasteiger partial charge in [-0.25, -0.2) is 0 Å². The minimum Gasteiger partial charge on any atom is -0.317 e. The van der Waals surface area contributed by atoms with Crippen LogP contribution in [0.5, 0.6) is 0 Å². The van der Waals surface area contributed by atoms with Gasteiger partial charge in [-0.05, 0) is 32.4 Å². The van der Waals surface area contributed by atoms with Crippen molar-refractivity contribution in [2.45, 2.75) is 31.6 Å². The zero-order valence-corrected chi connectivity index (χ0v) is 10.1. The van der Waals surface area contributed by atoms with Crippen molar-refractivity contribution >= 4 is 16.3 Å². The van der Waals surface area contributed by atoms with Crippen LogP contribution < -0.4 is 5.32 Å². The van der Waals surface area contributed by atoms with Crippen LogP contribution in [0.15, 0.2) is 6.33 Å². The van der Waals surface area contributed by atoms with E-state index in [1.165, 1.54) is 17.8 Å². The van der Waals surface area contributed by atoms with E-state index in [-0.39, 0.29) is 5.41 Å². The van der Waals surface area contributed by atoms with Crippen molar-refractivity contribution in [2.24, 2.45) is 0 Å². The van der Waals surface area contributed by atoms with Crippen LogP contribution in [0.2, 0.25) is 0 Å². The first-order valence-corrected chi connectivity index (χ1v) is 6.54. The lowest BCUT2D eigenvalue weighted by Gasteiger charge is -2.34. The number of nitrogens with one attached hydrogen (secondary N) is 1. The lowest BCUT2D eigenvalue weighted by molar-refractivity contribution is 0.294. The lowest BCUT2D eigenvalue weighted by atomic mass is 9.77. The summed E-state index contributed by atoms with van der Waals surface area (Å²) in [5.74, 6) is 0. The Balaban J connectivity index is 2.02. The molecule has 16 heavy (non-hydrogen) atoms. The highest BCUT2D eigenvalue weighted by molar-refractivity contribution is 7.16. The molecule has 5 nitrogen and oxygen atoms in total. The fraction of sp³-hybridized carbons (Fsp3) is 0.700. The van der Waals surface area contributed by atoms with Crippen molar-refractivity contribution in [3.05, 3.63) is 11.3 Å². The number of hydrogen-bond donors (Lipinski definition) is 1. The Labute approximate surface area is 97.9 Å². The van der Waals surface area contributed by atoms with Gasteiger partial charge < -0.3 is 5.32 Å². The Morgan fingerprint density at radius 3 is 3.00 bits per heavy atom. The average molecular weight is 237 g/mol. The number of hydrogen-bond acceptors (Lipinski definition) is 5. The molecule has 0 bridgehead atoms. The maximum Gasteiger partial charge on any atom is 0.234 e. The minimum absolute atomic E-state index is 0.261. The normalized spacial score (nSPS) is 20.3.